The van der Waals surface area contributed by atoms with E-state index in [-0.39, 0.29) is 47.3 Å². The van der Waals surface area contributed by atoms with Gasteiger partial charge in [0.25, 0.3) is 0 Å². The molecule has 0 amide bonds. The first kappa shape index (κ1) is 27.1. The van der Waals surface area contributed by atoms with Crippen LogP contribution in [0.2, 0.25) is 0 Å². The van der Waals surface area contributed by atoms with Crippen molar-refractivity contribution in [3.05, 3.63) is 59.9 Å². The Balaban J connectivity index is 0.00000480. The molecule has 172 valence electrons. The predicted molar refractivity (Wildman–Crippen MR) is 132 cm³/mol. The lowest BCUT2D eigenvalue weighted by atomic mass is 10.2. The summed E-state index contributed by atoms with van der Waals surface area (Å²) in [5.74, 6) is 0.627. The van der Waals surface area contributed by atoms with Gasteiger partial charge < -0.3 is 15.4 Å². The normalized spacial score (nSPS) is 12.8. The first-order valence-corrected chi connectivity index (χ1v) is 11.1. The molecule has 0 radical (unpaired) electrons. The Morgan fingerprint density at radius 3 is 2.48 bits per heavy atom. The topological polar surface area (TPSA) is 83.0 Å². The highest BCUT2D eigenvalue weighted by Crippen LogP contribution is 2.18. The van der Waals surface area contributed by atoms with Crippen LogP contribution < -0.4 is 15.4 Å². The number of hydrogen-bond acceptors (Lipinski definition) is 4. The molecule has 0 saturated heterocycles. The van der Waals surface area contributed by atoms with Crippen molar-refractivity contribution < 1.29 is 17.5 Å². The van der Waals surface area contributed by atoms with Gasteiger partial charge in [0.15, 0.2) is 5.96 Å². The summed E-state index contributed by atoms with van der Waals surface area (Å²) in [5.41, 5.74) is 0.636. The smallest absolute Gasteiger partial charge is 0.242 e. The number of rotatable bonds is 9. The molecule has 0 aromatic heterocycles. The zero-order valence-corrected chi connectivity index (χ0v) is 21.3. The molecule has 31 heavy (non-hydrogen) atoms. The van der Waals surface area contributed by atoms with E-state index in [1.165, 1.54) is 30.5 Å². The molecule has 2 aromatic rings. The van der Waals surface area contributed by atoms with Crippen LogP contribution in [0, 0.1) is 5.82 Å². The molecule has 7 nitrogen and oxygen atoms in total. The van der Waals surface area contributed by atoms with Gasteiger partial charge in [0.05, 0.1) is 11.4 Å². The molecule has 1 unspecified atom stereocenters. The van der Waals surface area contributed by atoms with Crippen LogP contribution in [-0.2, 0) is 16.6 Å². The lowest BCUT2D eigenvalue weighted by Gasteiger charge is -2.20. The Bertz CT molecular complexity index is 971. The maximum Gasteiger partial charge on any atom is 0.242 e. The average molecular weight is 564 g/mol. The van der Waals surface area contributed by atoms with Crippen molar-refractivity contribution in [1.82, 2.24) is 14.9 Å². The van der Waals surface area contributed by atoms with E-state index in [9.17, 15) is 12.8 Å². The lowest BCUT2D eigenvalue weighted by Crippen LogP contribution is -2.42. The second-order valence-electron chi connectivity index (χ2n) is 6.81. The third-order valence-corrected chi connectivity index (χ3v) is 6.37. The molecule has 2 aromatic carbocycles. The predicted octanol–water partition coefficient (Wildman–Crippen LogP) is 3.22. The molecular weight excluding hydrogens is 534 g/mol. The highest BCUT2D eigenvalue weighted by Gasteiger charge is 2.20. The molecule has 0 aliphatic rings. The van der Waals surface area contributed by atoms with E-state index >= 15 is 0 Å². The number of sulfonamides is 1. The summed E-state index contributed by atoms with van der Waals surface area (Å²) in [6, 6.07) is 12.9. The molecule has 10 heteroatoms. The number of halogens is 2. The molecule has 0 aliphatic carbocycles. The SMILES string of the molecule is CCC(CNC(=NC)NCc1ccccc1S(=O)(=O)N(C)C)Oc1cccc(F)c1.I. The van der Waals surface area contributed by atoms with Crippen molar-refractivity contribution in [2.45, 2.75) is 30.9 Å². The summed E-state index contributed by atoms with van der Waals surface area (Å²) in [4.78, 5) is 4.43. The summed E-state index contributed by atoms with van der Waals surface area (Å²) >= 11 is 0. The summed E-state index contributed by atoms with van der Waals surface area (Å²) in [5, 5.41) is 6.30. The third-order valence-electron chi connectivity index (χ3n) is 4.45. The zero-order chi connectivity index (χ0) is 22.1. The van der Waals surface area contributed by atoms with Gasteiger partial charge in [0, 0.05) is 33.8 Å². The Morgan fingerprint density at radius 2 is 1.87 bits per heavy atom. The van der Waals surface area contributed by atoms with E-state index in [0.29, 0.717) is 30.2 Å². The summed E-state index contributed by atoms with van der Waals surface area (Å²) in [6.45, 7) is 2.71. The van der Waals surface area contributed by atoms with Crippen molar-refractivity contribution in [3.8, 4) is 5.75 Å². The first-order valence-electron chi connectivity index (χ1n) is 9.65. The molecule has 0 spiro atoms. The maximum atomic E-state index is 13.3. The highest BCUT2D eigenvalue weighted by atomic mass is 127. The number of nitrogens with one attached hydrogen (secondary N) is 2. The van der Waals surface area contributed by atoms with Gasteiger partial charge in [-0.2, -0.15) is 0 Å². The number of guanidine groups is 1. The Kier molecular flexibility index (Phi) is 11.2. The largest absolute Gasteiger partial charge is 0.489 e. The first-order chi connectivity index (χ1) is 14.3. The van der Waals surface area contributed by atoms with E-state index in [1.807, 2.05) is 6.92 Å². The van der Waals surface area contributed by atoms with E-state index in [4.69, 9.17) is 4.74 Å². The van der Waals surface area contributed by atoms with Crippen molar-refractivity contribution in [2.75, 3.05) is 27.7 Å². The number of ether oxygens (including phenoxy) is 1. The van der Waals surface area contributed by atoms with Crippen molar-refractivity contribution in [3.63, 3.8) is 0 Å². The molecule has 0 bridgehead atoms. The Morgan fingerprint density at radius 1 is 1.16 bits per heavy atom. The van der Waals surface area contributed by atoms with E-state index in [2.05, 4.69) is 15.6 Å². The van der Waals surface area contributed by atoms with Crippen LogP contribution in [0.4, 0.5) is 4.39 Å². The van der Waals surface area contributed by atoms with Crippen LogP contribution >= 0.6 is 24.0 Å². The number of benzene rings is 2. The zero-order valence-electron chi connectivity index (χ0n) is 18.1. The van der Waals surface area contributed by atoms with Crippen LogP contribution in [-0.4, -0.2) is 52.5 Å². The van der Waals surface area contributed by atoms with Gasteiger partial charge >= 0.3 is 0 Å². The number of aliphatic imine (C=N–C) groups is 1. The van der Waals surface area contributed by atoms with Crippen LogP contribution in [0.3, 0.4) is 0 Å². The van der Waals surface area contributed by atoms with E-state index < -0.39 is 10.0 Å². The Labute approximate surface area is 201 Å². The Hall–Kier alpha value is -1.92. The molecule has 0 saturated carbocycles. The fourth-order valence-electron chi connectivity index (χ4n) is 2.71. The highest BCUT2D eigenvalue weighted by molar-refractivity contribution is 14.0. The fourth-order valence-corrected chi connectivity index (χ4v) is 3.83. The summed E-state index contributed by atoms with van der Waals surface area (Å²) < 4.78 is 45.4. The van der Waals surface area contributed by atoms with Crippen LogP contribution in [0.15, 0.2) is 58.4 Å². The van der Waals surface area contributed by atoms with Crippen molar-refractivity contribution >= 4 is 40.0 Å². The van der Waals surface area contributed by atoms with Gasteiger partial charge in [-0.05, 0) is 30.2 Å². The van der Waals surface area contributed by atoms with Gasteiger partial charge in [0.2, 0.25) is 10.0 Å². The summed E-state index contributed by atoms with van der Waals surface area (Å²) in [7, 11) is 1.09. The monoisotopic (exact) mass is 564 g/mol. The minimum absolute atomic E-state index is 0. The summed E-state index contributed by atoms with van der Waals surface area (Å²) in [6.07, 6.45) is 0.525. The molecular formula is C21H30FIN4O3S. The van der Waals surface area contributed by atoms with Crippen molar-refractivity contribution in [1.29, 1.82) is 0 Å². The number of hydrogen-bond donors (Lipinski definition) is 2. The average Bonchev–Trinajstić information content (AvgIpc) is 2.73. The molecule has 0 heterocycles. The second kappa shape index (κ2) is 12.8. The minimum atomic E-state index is -3.55. The molecule has 2 rings (SSSR count). The van der Waals surface area contributed by atoms with Gasteiger partial charge in [-0.15, -0.1) is 24.0 Å². The number of nitrogens with zero attached hydrogens (tertiary/aromatic N) is 2. The van der Waals surface area contributed by atoms with Gasteiger partial charge in [-0.1, -0.05) is 31.2 Å². The van der Waals surface area contributed by atoms with Gasteiger partial charge in [-0.25, -0.2) is 17.1 Å². The molecule has 1 atom stereocenters. The van der Waals surface area contributed by atoms with Crippen LogP contribution in [0.25, 0.3) is 0 Å². The standard InChI is InChI=1S/C21H29FN4O3S.HI/c1-5-18(29-19-11-8-10-17(22)13-19)15-25-21(23-2)24-14-16-9-6-7-12-20(16)30(27,28)26(3)4;/h6-13,18H,5,14-15H2,1-4H3,(H2,23,24,25);1H. The maximum absolute atomic E-state index is 13.3. The van der Waals surface area contributed by atoms with Gasteiger partial charge in [0.1, 0.15) is 17.7 Å². The third kappa shape index (κ3) is 7.93. The van der Waals surface area contributed by atoms with Crippen molar-refractivity contribution in [2.24, 2.45) is 4.99 Å². The minimum Gasteiger partial charge on any atom is -0.489 e. The van der Waals surface area contributed by atoms with Gasteiger partial charge in [-0.3, -0.25) is 4.99 Å². The van der Waals surface area contributed by atoms with E-state index in [1.54, 1.807) is 43.4 Å². The molecule has 0 fully saturated rings. The lowest BCUT2D eigenvalue weighted by molar-refractivity contribution is 0.198. The molecule has 2 N–H and O–H groups in total. The van der Waals surface area contributed by atoms with Crippen LogP contribution in [0.1, 0.15) is 18.9 Å². The second-order valence-corrected chi connectivity index (χ2v) is 8.93. The molecule has 0 aliphatic heterocycles. The van der Waals surface area contributed by atoms with E-state index in [0.717, 1.165) is 0 Å². The fraction of sp³-hybridized carbons (Fsp3) is 0.381. The quantitative estimate of drug-likeness (QED) is 0.278. The van der Waals surface area contributed by atoms with Crippen LogP contribution in [0.5, 0.6) is 5.75 Å².